The second-order valence-corrected chi connectivity index (χ2v) is 5.55. The highest BCUT2D eigenvalue weighted by Gasteiger charge is 2.11. The van der Waals surface area contributed by atoms with Crippen LogP contribution in [-0.2, 0) is 13.1 Å². The zero-order chi connectivity index (χ0) is 17.5. The van der Waals surface area contributed by atoms with Crippen LogP contribution in [0.5, 0.6) is 11.5 Å². The van der Waals surface area contributed by atoms with Crippen molar-refractivity contribution in [2.24, 2.45) is 0 Å². The van der Waals surface area contributed by atoms with Crippen molar-refractivity contribution in [3.8, 4) is 11.5 Å². The van der Waals surface area contributed by atoms with E-state index in [0.717, 1.165) is 11.1 Å². The Labute approximate surface area is 158 Å². The van der Waals surface area contributed by atoms with Gasteiger partial charge < -0.3 is 19.9 Å². The number of hydrogen-bond donors (Lipinski definition) is 2. The zero-order valence-corrected chi connectivity index (χ0v) is 15.6. The average molecular weight is 386 g/mol. The summed E-state index contributed by atoms with van der Waals surface area (Å²) in [4.78, 5) is 10.8. The lowest BCUT2D eigenvalue weighted by molar-refractivity contribution is 0.0697. The van der Waals surface area contributed by atoms with Crippen molar-refractivity contribution in [3.05, 3.63) is 58.1 Å². The van der Waals surface area contributed by atoms with Crippen molar-refractivity contribution < 1.29 is 19.4 Å². The monoisotopic (exact) mass is 385 g/mol. The zero-order valence-electron chi connectivity index (χ0n) is 14.0. The number of ether oxygens (including phenoxy) is 2. The van der Waals surface area contributed by atoms with Crippen LogP contribution < -0.4 is 14.8 Å². The molecule has 0 aliphatic heterocycles. The lowest BCUT2D eigenvalue weighted by Crippen LogP contribution is -2.13. The van der Waals surface area contributed by atoms with Gasteiger partial charge in [-0.25, -0.2) is 4.79 Å². The third kappa shape index (κ3) is 5.81. The van der Waals surface area contributed by atoms with Crippen molar-refractivity contribution >= 4 is 30.0 Å². The number of carboxylic acid groups (broad SMARTS) is 1. The van der Waals surface area contributed by atoms with Gasteiger partial charge in [0.25, 0.3) is 0 Å². The Hall–Kier alpha value is -1.95. The topological polar surface area (TPSA) is 67.8 Å². The predicted octanol–water partition coefficient (Wildman–Crippen LogP) is 4.16. The van der Waals surface area contributed by atoms with Gasteiger partial charge in [-0.1, -0.05) is 23.7 Å². The summed E-state index contributed by atoms with van der Waals surface area (Å²) in [5.74, 6) is 0.229. The summed E-state index contributed by atoms with van der Waals surface area (Å²) < 4.78 is 10.8. The Morgan fingerprint density at radius 2 is 1.80 bits per heavy atom. The molecule has 0 unspecified atom stereocenters. The van der Waals surface area contributed by atoms with Gasteiger partial charge in [0.15, 0.2) is 11.5 Å². The summed E-state index contributed by atoms with van der Waals surface area (Å²) in [6.45, 7) is 3.65. The van der Waals surface area contributed by atoms with Crippen LogP contribution in [0.15, 0.2) is 36.4 Å². The first-order valence-corrected chi connectivity index (χ1v) is 7.95. The van der Waals surface area contributed by atoms with E-state index < -0.39 is 5.97 Å². The molecule has 0 amide bonds. The van der Waals surface area contributed by atoms with E-state index in [1.165, 1.54) is 0 Å². The van der Waals surface area contributed by atoms with Crippen molar-refractivity contribution in [1.29, 1.82) is 0 Å². The minimum absolute atomic E-state index is 0. The maximum Gasteiger partial charge on any atom is 0.335 e. The highest BCUT2D eigenvalue weighted by Crippen LogP contribution is 2.36. The molecule has 0 saturated carbocycles. The number of carboxylic acids is 1. The lowest BCUT2D eigenvalue weighted by atomic mass is 10.1. The Balaban J connectivity index is 0.00000312. The quantitative estimate of drug-likeness (QED) is 0.713. The maximum atomic E-state index is 10.8. The third-order valence-corrected chi connectivity index (χ3v) is 3.71. The molecule has 0 fully saturated rings. The molecule has 2 aromatic carbocycles. The molecule has 0 spiro atoms. The molecule has 25 heavy (non-hydrogen) atoms. The molecule has 0 aromatic heterocycles. The minimum atomic E-state index is -0.925. The first-order valence-electron chi connectivity index (χ1n) is 7.57. The van der Waals surface area contributed by atoms with Gasteiger partial charge in [-0.15, -0.1) is 12.4 Å². The van der Waals surface area contributed by atoms with Gasteiger partial charge in [0.2, 0.25) is 0 Å². The van der Waals surface area contributed by atoms with Gasteiger partial charge in [-0.05, 0) is 42.3 Å². The largest absolute Gasteiger partial charge is 0.491 e. The van der Waals surface area contributed by atoms with Crippen LogP contribution in [0.1, 0.15) is 28.4 Å². The average Bonchev–Trinajstić information content (AvgIpc) is 2.55. The van der Waals surface area contributed by atoms with Crippen LogP contribution in [0.25, 0.3) is 0 Å². The van der Waals surface area contributed by atoms with E-state index >= 15 is 0 Å². The SMILES string of the molecule is CCOc1cc(CNCc2ccc(C(=O)O)cc2)cc(Cl)c1OC.Cl. The molecule has 7 heteroatoms. The summed E-state index contributed by atoms with van der Waals surface area (Å²) >= 11 is 6.23. The van der Waals surface area contributed by atoms with Crippen molar-refractivity contribution in [2.45, 2.75) is 20.0 Å². The molecule has 2 N–H and O–H groups in total. The summed E-state index contributed by atoms with van der Waals surface area (Å²) in [7, 11) is 1.56. The van der Waals surface area contributed by atoms with Gasteiger partial charge in [-0.3, -0.25) is 0 Å². The van der Waals surface area contributed by atoms with Crippen molar-refractivity contribution in [3.63, 3.8) is 0 Å². The number of rotatable bonds is 8. The number of methoxy groups -OCH3 is 1. The first kappa shape index (κ1) is 21.1. The number of carbonyl (C=O) groups is 1. The Kier molecular flexibility index (Phi) is 8.55. The summed E-state index contributed by atoms with van der Waals surface area (Å²) in [6.07, 6.45) is 0. The number of hydrogen-bond acceptors (Lipinski definition) is 4. The smallest absolute Gasteiger partial charge is 0.335 e. The van der Waals surface area contributed by atoms with Crippen LogP contribution in [0.2, 0.25) is 5.02 Å². The van der Waals surface area contributed by atoms with E-state index in [0.29, 0.717) is 36.2 Å². The summed E-state index contributed by atoms with van der Waals surface area (Å²) in [5, 5.41) is 12.7. The third-order valence-electron chi connectivity index (χ3n) is 3.43. The van der Waals surface area contributed by atoms with E-state index in [1.54, 1.807) is 31.4 Å². The second kappa shape index (κ2) is 10.1. The highest BCUT2D eigenvalue weighted by atomic mass is 35.5. The number of benzene rings is 2. The van der Waals surface area contributed by atoms with Crippen molar-refractivity contribution in [2.75, 3.05) is 13.7 Å². The molecule has 0 bridgehead atoms. The van der Waals surface area contributed by atoms with Crippen LogP contribution >= 0.6 is 24.0 Å². The molecule has 5 nitrogen and oxygen atoms in total. The maximum absolute atomic E-state index is 10.8. The van der Waals surface area contributed by atoms with Gasteiger partial charge in [0, 0.05) is 13.1 Å². The fourth-order valence-electron chi connectivity index (χ4n) is 2.30. The normalized spacial score (nSPS) is 10.0. The highest BCUT2D eigenvalue weighted by molar-refractivity contribution is 6.32. The molecule has 136 valence electrons. The van der Waals surface area contributed by atoms with Crippen LogP contribution in [0.4, 0.5) is 0 Å². The van der Waals surface area contributed by atoms with Gasteiger partial charge >= 0.3 is 5.97 Å². The minimum Gasteiger partial charge on any atom is -0.491 e. The van der Waals surface area contributed by atoms with Crippen LogP contribution in [-0.4, -0.2) is 24.8 Å². The van der Waals surface area contributed by atoms with E-state index in [2.05, 4.69) is 5.32 Å². The fraction of sp³-hybridized carbons (Fsp3) is 0.278. The number of nitrogens with one attached hydrogen (secondary N) is 1. The van der Waals surface area contributed by atoms with Gasteiger partial charge in [0.1, 0.15) is 0 Å². The lowest BCUT2D eigenvalue weighted by Gasteiger charge is -2.13. The van der Waals surface area contributed by atoms with Crippen molar-refractivity contribution in [1.82, 2.24) is 5.32 Å². The second-order valence-electron chi connectivity index (χ2n) is 5.15. The molecule has 0 saturated heterocycles. The van der Waals surface area contributed by atoms with E-state index in [-0.39, 0.29) is 18.0 Å². The molecular formula is C18H21Cl2NO4. The predicted molar refractivity (Wildman–Crippen MR) is 100 cm³/mol. The Morgan fingerprint density at radius 3 is 2.36 bits per heavy atom. The van der Waals surface area contributed by atoms with Crippen LogP contribution in [0, 0.1) is 0 Å². The Morgan fingerprint density at radius 1 is 1.16 bits per heavy atom. The molecule has 2 rings (SSSR count). The standard InChI is InChI=1S/C18H20ClNO4.ClH/c1-3-24-16-9-13(8-15(19)17(16)23-2)11-20-10-12-4-6-14(7-5-12)18(21)22;/h4-9,20H,3,10-11H2,1-2H3,(H,21,22);1H. The molecule has 0 aliphatic carbocycles. The first-order chi connectivity index (χ1) is 11.5. The van der Waals surface area contributed by atoms with Gasteiger partial charge in [-0.2, -0.15) is 0 Å². The molecular weight excluding hydrogens is 365 g/mol. The number of halogens is 2. The molecule has 0 aliphatic rings. The number of aromatic carboxylic acids is 1. The van der Waals surface area contributed by atoms with Gasteiger partial charge in [0.05, 0.1) is 24.3 Å². The van der Waals surface area contributed by atoms with E-state index in [4.69, 9.17) is 26.2 Å². The molecule has 0 radical (unpaired) electrons. The van der Waals surface area contributed by atoms with E-state index in [9.17, 15) is 4.79 Å². The summed E-state index contributed by atoms with van der Waals surface area (Å²) in [6, 6.07) is 10.5. The summed E-state index contributed by atoms with van der Waals surface area (Å²) in [5.41, 5.74) is 2.26. The fourth-order valence-corrected chi connectivity index (χ4v) is 2.61. The molecule has 0 heterocycles. The Bertz CT molecular complexity index is 705. The van der Waals surface area contributed by atoms with Crippen LogP contribution in [0.3, 0.4) is 0 Å². The van der Waals surface area contributed by atoms with E-state index in [1.807, 2.05) is 19.1 Å². The molecule has 0 atom stereocenters. The molecule has 2 aromatic rings.